The fraction of sp³-hybridized carbons (Fsp3) is 0.500. The van der Waals surface area contributed by atoms with Gasteiger partial charge in [-0.3, -0.25) is 34.3 Å². The SMILES string of the molecule is Cc1nc(CN2CCCN(C(=O)CN(C)Cc3ccncc3)CC2)n[nH]1.O=CO.O=CO. The number of pyridine rings is 1. The first kappa shape index (κ1) is 26.7. The zero-order chi connectivity index (χ0) is 23.8. The average molecular weight is 450 g/mol. The molecule has 0 spiro atoms. The zero-order valence-electron chi connectivity index (χ0n) is 18.4. The molecular weight excluding hydrogens is 418 g/mol. The molecule has 1 saturated heterocycles. The number of rotatable bonds is 6. The van der Waals surface area contributed by atoms with Crippen LogP contribution >= 0.6 is 0 Å². The Labute approximate surface area is 186 Å². The summed E-state index contributed by atoms with van der Waals surface area (Å²) in [6.07, 6.45) is 4.54. The molecule has 1 aliphatic heterocycles. The Morgan fingerprint density at radius 3 is 2.41 bits per heavy atom. The number of aryl methyl sites for hydroxylation is 1. The average Bonchev–Trinajstić information content (AvgIpc) is 3.02. The molecule has 1 amide bonds. The minimum atomic E-state index is -0.250. The number of aromatic amines is 1. The molecule has 0 atom stereocenters. The van der Waals surface area contributed by atoms with Gasteiger partial charge in [0, 0.05) is 45.1 Å². The van der Waals surface area contributed by atoms with Crippen molar-refractivity contribution in [3.05, 3.63) is 41.7 Å². The Kier molecular flexibility index (Phi) is 12.8. The molecule has 0 bridgehead atoms. The van der Waals surface area contributed by atoms with Gasteiger partial charge in [-0.1, -0.05) is 0 Å². The molecule has 0 saturated carbocycles. The molecule has 1 aliphatic rings. The number of aromatic nitrogens is 4. The molecule has 3 heterocycles. The molecule has 3 rings (SSSR count). The van der Waals surface area contributed by atoms with Gasteiger partial charge in [-0.05, 0) is 38.1 Å². The largest absolute Gasteiger partial charge is 0.483 e. The quantitative estimate of drug-likeness (QED) is 0.516. The third-order valence-electron chi connectivity index (χ3n) is 4.56. The predicted molar refractivity (Wildman–Crippen MR) is 116 cm³/mol. The zero-order valence-corrected chi connectivity index (χ0v) is 18.4. The van der Waals surface area contributed by atoms with Crippen molar-refractivity contribution < 1.29 is 24.6 Å². The van der Waals surface area contributed by atoms with Crippen LogP contribution in [0.3, 0.4) is 0 Å². The minimum Gasteiger partial charge on any atom is -0.483 e. The van der Waals surface area contributed by atoms with E-state index in [0.29, 0.717) is 6.54 Å². The fourth-order valence-electron chi connectivity index (χ4n) is 3.22. The number of amides is 1. The highest BCUT2D eigenvalue weighted by atomic mass is 16.3. The van der Waals surface area contributed by atoms with Crippen molar-refractivity contribution in [2.75, 3.05) is 39.8 Å². The maximum atomic E-state index is 12.6. The van der Waals surface area contributed by atoms with Gasteiger partial charge >= 0.3 is 0 Å². The van der Waals surface area contributed by atoms with Crippen molar-refractivity contribution in [3.63, 3.8) is 0 Å². The highest BCUT2D eigenvalue weighted by Gasteiger charge is 2.21. The standard InChI is InChI=1S/C18H27N7O.2CH2O2/c1-15-20-17(22-21-15)13-24-8-3-9-25(11-10-24)18(26)14-23(2)12-16-4-6-19-7-5-16;2*2-1-3/h4-7H,3,8-14H2,1-2H3,(H,20,21,22);2*1H,(H,2,3). The van der Waals surface area contributed by atoms with Gasteiger partial charge in [-0.15, -0.1) is 0 Å². The molecule has 0 unspecified atom stereocenters. The van der Waals surface area contributed by atoms with Crippen molar-refractivity contribution in [2.45, 2.75) is 26.4 Å². The van der Waals surface area contributed by atoms with Gasteiger partial charge in [0.15, 0.2) is 5.82 Å². The first-order valence-corrected chi connectivity index (χ1v) is 10.0. The van der Waals surface area contributed by atoms with Crippen LogP contribution in [0.1, 0.15) is 23.6 Å². The summed E-state index contributed by atoms with van der Waals surface area (Å²) >= 11 is 0. The number of carboxylic acid groups (broad SMARTS) is 2. The van der Waals surface area contributed by atoms with Crippen molar-refractivity contribution in [3.8, 4) is 0 Å². The number of H-pyrrole nitrogens is 1. The van der Waals surface area contributed by atoms with Gasteiger partial charge in [-0.2, -0.15) is 5.10 Å². The van der Waals surface area contributed by atoms with Gasteiger partial charge in [0.1, 0.15) is 5.82 Å². The molecule has 1 fully saturated rings. The van der Waals surface area contributed by atoms with Crippen LogP contribution in [0, 0.1) is 6.92 Å². The third kappa shape index (κ3) is 10.6. The molecule has 0 aliphatic carbocycles. The van der Waals surface area contributed by atoms with E-state index in [1.165, 1.54) is 5.56 Å². The van der Waals surface area contributed by atoms with Crippen molar-refractivity contribution in [1.82, 2.24) is 34.9 Å². The second kappa shape index (κ2) is 15.4. The summed E-state index contributed by atoms with van der Waals surface area (Å²) in [5.74, 6) is 1.85. The molecule has 0 aromatic carbocycles. The van der Waals surface area contributed by atoms with E-state index < -0.39 is 0 Å². The van der Waals surface area contributed by atoms with Gasteiger partial charge < -0.3 is 15.1 Å². The third-order valence-corrected chi connectivity index (χ3v) is 4.56. The smallest absolute Gasteiger partial charge is 0.290 e. The topological polar surface area (TPSA) is 156 Å². The van der Waals surface area contributed by atoms with Crippen molar-refractivity contribution in [1.29, 1.82) is 0 Å². The second-order valence-electron chi connectivity index (χ2n) is 7.09. The maximum absolute atomic E-state index is 12.6. The lowest BCUT2D eigenvalue weighted by Gasteiger charge is -2.24. The molecule has 3 N–H and O–H groups in total. The molecule has 2 aromatic heterocycles. The predicted octanol–water partition coefficient (Wildman–Crippen LogP) is 0.0760. The minimum absolute atomic E-state index is 0.192. The Morgan fingerprint density at radius 2 is 1.81 bits per heavy atom. The lowest BCUT2D eigenvalue weighted by Crippen LogP contribution is -2.40. The Bertz CT molecular complexity index is 797. The summed E-state index contributed by atoms with van der Waals surface area (Å²) in [5.41, 5.74) is 1.17. The number of hydrogen-bond donors (Lipinski definition) is 3. The number of nitrogens with one attached hydrogen (secondary N) is 1. The van der Waals surface area contributed by atoms with Crippen molar-refractivity contribution in [2.24, 2.45) is 0 Å². The van der Waals surface area contributed by atoms with E-state index in [1.54, 1.807) is 12.4 Å². The van der Waals surface area contributed by atoms with Crippen LogP contribution in [0.25, 0.3) is 0 Å². The van der Waals surface area contributed by atoms with Gasteiger partial charge in [-0.25, -0.2) is 4.98 Å². The van der Waals surface area contributed by atoms with Crippen LogP contribution in [0.2, 0.25) is 0 Å². The summed E-state index contributed by atoms with van der Waals surface area (Å²) < 4.78 is 0. The van der Waals surface area contributed by atoms with E-state index in [1.807, 2.05) is 31.0 Å². The van der Waals surface area contributed by atoms with E-state index >= 15 is 0 Å². The Balaban J connectivity index is 0.000000769. The van der Waals surface area contributed by atoms with Gasteiger partial charge in [0.05, 0.1) is 13.1 Å². The highest BCUT2D eigenvalue weighted by molar-refractivity contribution is 5.78. The normalized spacial score (nSPS) is 13.8. The van der Waals surface area contributed by atoms with E-state index in [9.17, 15) is 4.79 Å². The van der Waals surface area contributed by atoms with Crippen LogP contribution in [-0.2, 0) is 27.5 Å². The van der Waals surface area contributed by atoms with E-state index in [0.717, 1.165) is 57.3 Å². The van der Waals surface area contributed by atoms with Crippen LogP contribution in [0.15, 0.2) is 24.5 Å². The maximum Gasteiger partial charge on any atom is 0.290 e. The van der Waals surface area contributed by atoms with E-state index in [4.69, 9.17) is 19.8 Å². The summed E-state index contributed by atoms with van der Waals surface area (Å²) in [5, 5.41) is 20.9. The van der Waals surface area contributed by atoms with E-state index in [2.05, 4.69) is 30.0 Å². The summed E-state index contributed by atoms with van der Waals surface area (Å²) in [6.45, 7) is 6.70. The summed E-state index contributed by atoms with van der Waals surface area (Å²) in [4.78, 5) is 44.1. The lowest BCUT2D eigenvalue weighted by molar-refractivity contribution is -0.132. The van der Waals surface area contributed by atoms with Gasteiger partial charge in [0.2, 0.25) is 5.91 Å². The van der Waals surface area contributed by atoms with Crippen LogP contribution in [0.4, 0.5) is 0 Å². The Hall–Kier alpha value is -3.38. The number of nitrogens with zero attached hydrogens (tertiary/aromatic N) is 6. The Morgan fingerprint density at radius 1 is 1.16 bits per heavy atom. The number of hydrogen-bond acceptors (Lipinski definition) is 8. The first-order chi connectivity index (χ1) is 15.4. The monoisotopic (exact) mass is 449 g/mol. The number of carbonyl (C=O) groups excluding carboxylic acids is 1. The molecule has 32 heavy (non-hydrogen) atoms. The van der Waals surface area contributed by atoms with E-state index in [-0.39, 0.29) is 18.9 Å². The lowest BCUT2D eigenvalue weighted by atomic mass is 10.2. The molecule has 12 nitrogen and oxygen atoms in total. The number of carbonyl (C=O) groups is 3. The van der Waals surface area contributed by atoms with Crippen molar-refractivity contribution >= 4 is 18.9 Å². The van der Waals surface area contributed by atoms with Crippen LogP contribution in [-0.4, -0.2) is 104 Å². The fourth-order valence-corrected chi connectivity index (χ4v) is 3.22. The van der Waals surface area contributed by atoms with Gasteiger partial charge in [0.25, 0.3) is 12.9 Å². The summed E-state index contributed by atoms with van der Waals surface area (Å²) in [7, 11) is 1.98. The second-order valence-corrected chi connectivity index (χ2v) is 7.09. The van der Waals surface area contributed by atoms with Crippen LogP contribution < -0.4 is 0 Å². The highest BCUT2D eigenvalue weighted by Crippen LogP contribution is 2.08. The van der Waals surface area contributed by atoms with Crippen LogP contribution in [0.5, 0.6) is 0 Å². The molecule has 2 aromatic rings. The molecular formula is C20H31N7O5. The first-order valence-electron chi connectivity index (χ1n) is 10.0. The molecule has 0 radical (unpaired) electrons. The molecule has 12 heteroatoms. The molecule has 176 valence electrons. The number of likely N-dealkylation sites (N-methyl/N-ethyl adjacent to an activating group) is 1. The summed E-state index contributed by atoms with van der Waals surface area (Å²) in [6, 6.07) is 3.96.